The van der Waals surface area contributed by atoms with E-state index >= 15 is 0 Å². The largest absolute Gasteiger partial charge is 0.480 e. The van der Waals surface area contributed by atoms with Crippen molar-refractivity contribution in [2.45, 2.75) is 25.7 Å². The van der Waals surface area contributed by atoms with Gasteiger partial charge in [0, 0.05) is 12.7 Å². The molecule has 3 rings (SSSR count). The van der Waals surface area contributed by atoms with Gasteiger partial charge in [0.25, 0.3) is 0 Å². The molecule has 5 nitrogen and oxygen atoms in total. The number of carboxylic acids is 1. The summed E-state index contributed by atoms with van der Waals surface area (Å²) < 4.78 is 0. The van der Waals surface area contributed by atoms with Crippen LogP contribution in [0.4, 0.5) is 0 Å². The van der Waals surface area contributed by atoms with E-state index in [-0.39, 0.29) is 5.91 Å². The number of hydrogen-bond donors (Lipinski definition) is 1. The number of carbonyl (C=O) groups is 2. The molecular formula is C17H18N2O3. The number of hydrogen-bond acceptors (Lipinski definition) is 3. The Balaban J connectivity index is 1.96. The second-order valence-corrected chi connectivity index (χ2v) is 5.71. The first-order valence-electron chi connectivity index (χ1n) is 7.49. The molecule has 1 saturated carbocycles. The van der Waals surface area contributed by atoms with Gasteiger partial charge in [-0.1, -0.05) is 31.1 Å². The summed E-state index contributed by atoms with van der Waals surface area (Å²) in [5.74, 6) is -1.33. The molecule has 0 radical (unpaired) electrons. The Morgan fingerprint density at radius 2 is 2.00 bits per heavy atom. The third kappa shape index (κ3) is 2.32. The van der Waals surface area contributed by atoms with E-state index in [1.165, 1.54) is 0 Å². The Kier molecular flexibility index (Phi) is 3.79. The maximum absolute atomic E-state index is 13.0. The van der Waals surface area contributed by atoms with Crippen LogP contribution in [0.5, 0.6) is 0 Å². The number of allylic oxidation sites excluding steroid dienone is 2. The van der Waals surface area contributed by atoms with Crippen LogP contribution in [-0.2, 0) is 9.59 Å². The SMILES string of the molecule is O=C(O)C1(C(=O)N2CC=CC=C2c2ccccn2)CCCC1. The molecule has 0 saturated heterocycles. The number of aliphatic carboxylic acids is 1. The van der Waals surface area contributed by atoms with Gasteiger partial charge in [-0.05, 0) is 31.1 Å². The van der Waals surface area contributed by atoms with E-state index in [1.54, 1.807) is 11.1 Å². The van der Waals surface area contributed by atoms with Crippen molar-refractivity contribution >= 4 is 17.6 Å². The summed E-state index contributed by atoms with van der Waals surface area (Å²) in [5, 5.41) is 9.62. The van der Waals surface area contributed by atoms with Crippen molar-refractivity contribution in [3.05, 3.63) is 48.3 Å². The second-order valence-electron chi connectivity index (χ2n) is 5.71. The van der Waals surface area contributed by atoms with E-state index in [4.69, 9.17) is 0 Å². The summed E-state index contributed by atoms with van der Waals surface area (Å²) in [4.78, 5) is 30.6. The van der Waals surface area contributed by atoms with E-state index in [0.717, 1.165) is 12.8 Å². The van der Waals surface area contributed by atoms with Gasteiger partial charge in [-0.3, -0.25) is 14.6 Å². The van der Waals surface area contributed by atoms with Crippen LogP contribution in [0, 0.1) is 5.41 Å². The standard InChI is InChI=1S/C17H18N2O3/c20-15(17(16(21)22)9-3-4-10-17)19-12-6-2-8-14(19)13-7-1-5-11-18-13/h1-2,5-8,11H,3-4,9-10,12H2,(H,21,22). The molecule has 1 N–H and O–H groups in total. The molecule has 1 aromatic heterocycles. The van der Waals surface area contributed by atoms with E-state index in [9.17, 15) is 14.7 Å². The molecule has 2 aliphatic rings. The van der Waals surface area contributed by atoms with Gasteiger partial charge >= 0.3 is 5.97 Å². The molecule has 1 aliphatic carbocycles. The van der Waals surface area contributed by atoms with Crippen molar-refractivity contribution in [2.75, 3.05) is 6.54 Å². The average molecular weight is 298 g/mol. The summed E-state index contributed by atoms with van der Waals surface area (Å²) >= 11 is 0. The fraction of sp³-hybridized carbons (Fsp3) is 0.353. The summed E-state index contributed by atoms with van der Waals surface area (Å²) in [6.07, 6.45) is 9.60. The second kappa shape index (κ2) is 5.75. The van der Waals surface area contributed by atoms with Crippen LogP contribution in [0.3, 0.4) is 0 Å². The third-order valence-electron chi connectivity index (χ3n) is 4.42. The van der Waals surface area contributed by atoms with Crippen LogP contribution >= 0.6 is 0 Å². The lowest BCUT2D eigenvalue weighted by Gasteiger charge is -2.33. The zero-order valence-electron chi connectivity index (χ0n) is 12.2. The highest BCUT2D eigenvalue weighted by Gasteiger charge is 2.50. The topological polar surface area (TPSA) is 70.5 Å². The summed E-state index contributed by atoms with van der Waals surface area (Å²) in [6, 6.07) is 5.49. The zero-order chi connectivity index (χ0) is 15.6. The van der Waals surface area contributed by atoms with Gasteiger partial charge < -0.3 is 10.0 Å². The van der Waals surface area contributed by atoms with Gasteiger partial charge in [0.1, 0.15) is 5.41 Å². The number of rotatable bonds is 3. The highest BCUT2D eigenvalue weighted by atomic mass is 16.4. The summed E-state index contributed by atoms with van der Waals surface area (Å²) in [7, 11) is 0. The first-order valence-corrected chi connectivity index (χ1v) is 7.49. The van der Waals surface area contributed by atoms with E-state index in [0.29, 0.717) is 30.8 Å². The lowest BCUT2D eigenvalue weighted by molar-refractivity contribution is -0.158. The van der Waals surface area contributed by atoms with Crippen molar-refractivity contribution in [2.24, 2.45) is 5.41 Å². The van der Waals surface area contributed by atoms with Crippen molar-refractivity contribution in [1.82, 2.24) is 9.88 Å². The minimum absolute atomic E-state index is 0.321. The summed E-state index contributed by atoms with van der Waals surface area (Å²) in [6.45, 7) is 0.385. The lowest BCUT2D eigenvalue weighted by Crippen LogP contribution is -2.47. The maximum atomic E-state index is 13.0. The molecule has 0 spiro atoms. The highest BCUT2D eigenvalue weighted by molar-refractivity contribution is 6.05. The number of aromatic nitrogens is 1. The molecule has 1 aliphatic heterocycles. The average Bonchev–Trinajstić information content (AvgIpc) is 3.06. The Morgan fingerprint density at radius 1 is 1.23 bits per heavy atom. The Morgan fingerprint density at radius 3 is 2.64 bits per heavy atom. The van der Waals surface area contributed by atoms with Crippen LogP contribution in [0.2, 0.25) is 0 Å². The van der Waals surface area contributed by atoms with Crippen molar-refractivity contribution in [3.63, 3.8) is 0 Å². The molecule has 22 heavy (non-hydrogen) atoms. The van der Waals surface area contributed by atoms with Crippen molar-refractivity contribution < 1.29 is 14.7 Å². The van der Waals surface area contributed by atoms with Crippen LogP contribution < -0.4 is 0 Å². The molecule has 0 unspecified atom stereocenters. The minimum Gasteiger partial charge on any atom is -0.480 e. The number of carbonyl (C=O) groups excluding carboxylic acids is 1. The molecule has 0 bridgehead atoms. The first kappa shape index (κ1) is 14.5. The number of amides is 1. The molecule has 1 fully saturated rings. The Labute approximate surface area is 129 Å². The normalized spacial score (nSPS) is 19.8. The molecule has 114 valence electrons. The molecule has 5 heteroatoms. The quantitative estimate of drug-likeness (QED) is 0.870. The first-order chi connectivity index (χ1) is 10.6. The predicted octanol–water partition coefficient (Wildman–Crippen LogP) is 2.47. The van der Waals surface area contributed by atoms with E-state index in [2.05, 4.69) is 4.98 Å². The number of carboxylic acid groups (broad SMARTS) is 1. The van der Waals surface area contributed by atoms with Crippen LogP contribution in [-0.4, -0.2) is 33.4 Å². The Hall–Kier alpha value is -2.43. The fourth-order valence-corrected chi connectivity index (χ4v) is 3.20. The Bertz CT molecular complexity index is 643. The molecule has 1 aromatic rings. The van der Waals surface area contributed by atoms with Gasteiger partial charge in [0.2, 0.25) is 5.91 Å². The van der Waals surface area contributed by atoms with Gasteiger partial charge in [0.15, 0.2) is 0 Å². The molecule has 0 aromatic carbocycles. The lowest BCUT2D eigenvalue weighted by atomic mass is 9.84. The number of pyridine rings is 1. The van der Waals surface area contributed by atoms with Crippen molar-refractivity contribution in [1.29, 1.82) is 0 Å². The highest BCUT2D eigenvalue weighted by Crippen LogP contribution is 2.41. The van der Waals surface area contributed by atoms with Crippen LogP contribution in [0.15, 0.2) is 42.6 Å². The van der Waals surface area contributed by atoms with Gasteiger partial charge in [-0.15, -0.1) is 0 Å². The van der Waals surface area contributed by atoms with Crippen molar-refractivity contribution in [3.8, 4) is 0 Å². The van der Waals surface area contributed by atoms with Crippen LogP contribution in [0.1, 0.15) is 31.4 Å². The third-order valence-corrected chi connectivity index (χ3v) is 4.42. The summed E-state index contributed by atoms with van der Waals surface area (Å²) in [5.41, 5.74) is 0.0679. The van der Waals surface area contributed by atoms with Gasteiger partial charge in [0.05, 0.1) is 11.4 Å². The van der Waals surface area contributed by atoms with E-state index < -0.39 is 11.4 Å². The number of nitrogens with zero attached hydrogens (tertiary/aromatic N) is 2. The van der Waals surface area contributed by atoms with Crippen LogP contribution in [0.25, 0.3) is 5.70 Å². The van der Waals surface area contributed by atoms with Gasteiger partial charge in [-0.25, -0.2) is 0 Å². The smallest absolute Gasteiger partial charge is 0.319 e. The molecule has 0 atom stereocenters. The maximum Gasteiger partial charge on any atom is 0.319 e. The van der Waals surface area contributed by atoms with Gasteiger partial charge in [-0.2, -0.15) is 0 Å². The molecule has 2 heterocycles. The predicted molar refractivity (Wildman–Crippen MR) is 81.6 cm³/mol. The minimum atomic E-state index is -1.28. The van der Waals surface area contributed by atoms with E-state index in [1.807, 2.05) is 36.4 Å². The zero-order valence-corrected chi connectivity index (χ0v) is 12.2. The molecular weight excluding hydrogens is 280 g/mol. The molecule has 1 amide bonds. The monoisotopic (exact) mass is 298 g/mol. The fourth-order valence-electron chi connectivity index (χ4n) is 3.20.